The lowest BCUT2D eigenvalue weighted by Crippen LogP contribution is -2.23. The molecule has 1 amide bonds. The summed E-state index contributed by atoms with van der Waals surface area (Å²) in [5, 5.41) is 4.62. The largest absolute Gasteiger partial charge is 0.315 e. The average molecular weight is 280 g/mol. The highest BCUT2D eigenvalue weighted by Gasteiger charge is 2.13. The van der Waals surface area contributed by atoms with E-state index in [4.69, 9.17) is 0 Å². The van der Waals surface area contributed by atoms with Gasteiger partial charge in [-0.05, 0) is 25.1 Å². The maximum absolute atomic E-state index is 11.6. The van der Waals surface area contributed by atoms with E-state index >= 15 is 0 Å². The van der Waals surface area contributed by atoms with E-state index in [0.29, 0.717) is 0 Å². The standard InChI is InChI=1S/C16H16N4O/c1-11-10-17-16-9-8-14(18-20(11)16)13-6-4-5-7-15(13)19(3)12(2)21/h4-10H,1-3H3. The molecule has 0 spiro atoms. The average Bonchev–Trinajstić information content (AvgIpc) is 2.87. The number of amides is 1. The van der Waals surface area contributed by atoms with Crippen LogP contribution >= 0.6 is 0 Å². The molecule has 0 saturated heterocycles. The smallest absolute Gasteiger partial charge is 0.223 e. The van der Waals surface area contributed by atoms with Crippen LogP contribution in [0.3, 0.4) is 0 Å². The van der Waals surface area contributed by atoms with Crippen LogP contribution in [-0.2, 0) is 4.79 Å². The van der Waals surface area contributed by atoms with Gasteiger partial charge in [-0.15, -0.1) is 0 Å². The van der Waals surface area contributed by atoms with Crippen molar-refractivity contribution in [3.8, 4) is 11.3 Å². The Labute approximate surface area is 122 Å². The molecule has 21 heavy (non-hydrogen) atoms. The fourth-order valence-corrected chi connectivity index (χ4v) is 2.28. The fourth-order valence-electron chi connectivity index (χ4n) is 2.28. The molecule has 0 unspecified atom stereocenters. The molecule has 106 valence electrons. The highest BCUT2D eigenvalue weighted by Crippen LogP contribution is 2.29. The summed E-state index contributed by atoms with van der Waals surface area (Å²) >= 11 is 0. The van der Waals surface area contributed by atoms with Gasteiger partial charge < -0.3 is 4.90 Å². The van der Waals surface area contributed by atoms with Crippen molar-refractivity contribution in [1.82, 2.24) is 14.6 Å². The Kier molecular flexibility index (Phi) is 3.17. The number of aryl methyl sites for hydroxylation is 1. The summed E-state index contributed by atoms with van der Waals surface area (Å²) in [4.78, 5) is 17.5. The third-order valence-electron chi connectivity index (χ3n) is 3.55. The topological polar surface area (TPSA) is 50.5 Å². The molecule has 0 radical (unpaired) electrons. The number of aromatic nitrogens is 3. The van der Waals surface area contributed by atoms with E-state index in [0.717, 1.165) is 28.3 Å². The van der Waals surface area contributed by atoms with E-state index in [-0.39, 0.29) is 5.91 Å². The van der Waals surface area contributed by atoms with E-state index in [1.807, 2.05) is 43.3 Å². The monoisotopic (exact) mass is 280 g/mol. The van der Waals surface area contributed by atoms with Crippen molar-refractivity contribution in [2.24, 2.45) is 0 Å². The van der Waals surface area contributed by atoms with Crippen LogP contribution < -0.4 is 4.90 Å². The molecule has 0 fully saturated rings. The number of hydrogen-bond acceptors (Lipinski definition) is 3. The number of benzene rings is 1. The summed E-state index contributed by atoms with van der Waals surface area (Å²) < 4.78 is 1.81. The van der Waals surface area contributed by atoms with Crippen LogP contribution in [0, 0.1) is 6.92 Å². The molecular weight excluding hydrogens is 264 g/mol. The molecule has 0 aliphatic rings. The van der Waals surface area contributed by atoms with Crippen molar-refractivity contribution in [1.29, 1.82) is 0 Å². The Bertz CT molecular complexity index is 822. The Balaban J connectivity index is 2.18. The molecule has 2 aromatic heterocycles. The highest BCUT2D eigenvalue weighted by atomic mass is 16.2. The number of carbonyl (C=O) groups is 1. The number of anilines is 1. The summed E-state index contributed by atoms with van der Waals surface area (Å²) in [5.41, 5.74) is 4.37. The molecular formula is C16H16N4O. The summed E-state index contributed by atoms with van der Waals surface area (Å²) in [6.07, 6.45) is 1.79. The normalized spacial score (nSPS) is 10.8. The lowest BCUT2D eigenvalue weighted by Gasteiger charge is -2.18. The Morgan fingerprint density at radius 3 is 2.71 bits per heavy atom. The molecule has 0 N–H and O–H groups in total. The molecule has 3 rings (SSSR count). The minimum atomic E-state index is -0.0117. The van der Waals surface area contributed by atoms with E-state index in [1.54, 1.807) is 29.6 Å². The third kappa shape index (κ3) is 2.27. The second kappa shape index (κ2) is 5.01. The van der Waals surface area contributed by atoms with Crippen molar-refractivity contribution < 1.29 is 4.79 Å². The van der Waals surface area contributed by atoms with Gasteiger partial charge >= 0.3 is 0 Å². The van der Waals surface area contributed by atoms with Crippen LogP contribution in [0.15, 0.2) is 42.6 Å². The first-order valence-electron chi connectivity index (χ1n) is 6.73. The van der Waals surface area contributed by atoms with Gasteiger partial charge in [0.1, 0.15) is 0 Å². The lowest BCUT2D eigenvalue weighted by molar-refractivity contribution is -0.116. The van der Waals surface area contributed by atoms with Crippen molar-refractivity contribution >= 4 is 17.2 Å². The van der Waals surface area contributed by atoms with Crippen LogP contribution in [0.2, 0.25) is 0 Å². The lowest BCUT2D eigenvalue weighted by atomic mass is 10.1. The Morgan fingerprint density at radius 2 is 1.95 bits per heavy atom. The zero-order valence-corrected chi connectivity index (χ0v) is 12.2. The van der Waals surface area contributed by atoms with Gasteiger partial charge in [0.2, 0.25) is 5.91 Å². The Morgan fingerprint density at radius 1 is 1.19 bits per heavy atom. The number of para-hydroxylation sites is 1. The second-order valence-corrected chi connectivity index (χ2v) is 4.98. The van der Waals surface area contributed by atoms with Crippen LogP contribution in [0.25, 0.3) is 16.9 Å². The predicted octanol–water partition coefficient (Wildman–Crippen LogP) is 2.69. The quantitative estimate of drug-likeness (QED) is 0.725. The van der Waals surface area contributed by atoms with Gasteiger partial charge in [0.15, 0.2) is 5.65 Å². The minimum Gasteiger partial charge on any atom is -0.315 e. The van der Waals surface area contributed by atoms with Crippen molar-refractivity contribution in [2.75, 3.05) is 11.9 Å². The Hall–Kier alpha value is -2.69. The molecule has 5 nitrogen and oxygen atoms in total. The SMILES string of the molecule is CC(=O)N(C)c1ccccc1-c1ccc2ncc(C)n2n1. The first-order chi connectivity index (χ1) is 10.1. The molecule has 1 aromatic carbocycles. The molecule has 2 heterocycles. The number of hydrogen-bond donors (Lipinski definition) is 0. The van der Waals surface area contributed by atoms with Gasteiger partial charge in [-0.25, -0.2) is 9.50 Å². The third-order valence-corrected chi connectivity index (χ3v) is 3.55. The molecule has 3 aromatic rings. The van der Waals surface area contributed by atoms with Gasteiger partial charge in [0, 0.05) is 19.5 Å². The van der Waals surface area contributed by atoms with Crippen molar-refractivity contribution in [3.05, 3.63) is 48.3 Å². The number of nitrogens with zero attached hydrogens (tertiary/aromatic N) is 4. The second-order valence-electron chi connectivity index (χ2n) is 4.98. The fraction of sp³-hybridized carbons (Fsp3) is 0.188. The number of fused-ring (bicyclic) bond motifs is 1. The summed E-state index contributed by atoms with van der Waals surface area (Å²) in [5.74, 6) is -0.0117. The first kappa shape index (κ1) is 13.3. The van der Waals surface area contributed by atoms with Crippen LogP contribution in [-0.4, -0.2) is 27.6 Å². The molecule has 0 saturated carbocycles. The summed E-state index contributed by atoms with van der Waals surface area (Å²) in [6, 6.07) is 11.6. The maximum atomic E-state index is 11.6. The van der Waals surface area contributed by atoms with Gasteiger partial charge in [0.05, 0.1) is 23.3 Å². The van der Waals surface area contributed by atoms with Gasteiger partial charge in [0.25, 0.3) is 0 Å². The molecule has 5 heteroatoms. The minimum absolute atomic E-state index is 0.0117. The predicted molar refractivity (Wildman–Crippen MR) is 82.2 cm³/mol. The number of imidazole rings is 1. The van der Waals surface area contributed by atoms with Crippen molar-refractivity contribution in [2.45, 2.75) is 13.8 Å². The van der Waals surface area contributed by atoms with Crippen LogP contribution in [0.5, 0.6) is 0 Å². The van der Waals surface area contributed by atoms with E-state index in [9.17, 15) is 4.79 Å². The highest BCUT2D eigenvalue weighted by molar-refractivity contribution is 5.95. The van der Waals surface area contributed by atoms with E-state index in [2.05, 4.69) is 10.1 Å². The zero-order valence-electron chi connectivity index (χ0n) is 12.2. The first-order valence-corrected chi connectivity index (χ1v) is 6.73. The van der Waals surface area contributed by atoms with Gasteiger partial charge in [-0.1, -0.05) is 18.2 Å². The van der Waals surface area contributed by atoms with E-state index < -0.39 is 0 Å². The van der Waals surface area contributed by atoms with Gasteiger partial charge in [-0.2, -0.15) is 5.10 Å². The van der Waals surface area contributed by atoms with Crippen LogP contribution in [0.1, 0.15) is 12.6 Å². The molecule has 0 atom stereocenters. The maximum Gasteiger partial charge on any atom is 0.223 e. The van der Waals surface area contributed by atoms with Crippen molar-refractivity contribution in [3.63, 3.8) is 0 Å². The number of carbonyl (C=O) groups excluding carboxylic acids is 1. The molecule has 0 bridgehead atoms. The summed E-state index contributed by atoms with van der Waals surface area (Å²) in [6.45, 7) is 3.51. The molecule has 0 aliphatic heterocycles. The molecule has 0 aliphatic carbocycles. The van der Waals surface area contributed by atoms with E-state index in [1.165, 1.54) is 0 Å². The zero-order chi connectivity index (χ0) is 15.0. The van der Waals surface area contributed by atoms with Crippen LogP contribution in [0.4, 0.5) is 5.69 Å². The number of rotatable bonds is 2. The summed E-state index contributed by atoms with van der Waals surface area (Å²) in [7, 11) is 1.77. The van der Waals surface area contributed by atoms with Gasteiger partial charge in [-0.3, -0.25) is 4.79 Å².